The first-order valence-electron chi connectivity index (χ1n) is 5.31. The highest BCUT2D eigenvalue weighted by Gasteiger charge is 2.25. The van der Waals surface area contributed by atoms with Gasteiger partial charge in [-0.25, -0.2) is 0 Å². The molecule has 0 radical (unpaired) electrons. The minimum absolute atomic E-state index is 0.0795. The van der Waals surface area contributed by atoms with Crippen molar-refractivity contribution < 1.29 is 24.2 Å². The minimum atomic E-state index is -1.13. The number of hydrogen-bond acceptors (Lipinski definition) is 4. The van der Waals surface area contributed by atoms with Crippen LogP contribution in [-0.2, 0) is 19.1 Å². The van der Waals surface area contributed by atoms with Gasteiger partial charge < -0.3 is 15.2 Å². The normalized spacial score (nSPS) is 12.7. The number of hydrogen-bond donors (Lipinski definition) is 2. The first kappa shape index (κ1) is 15.4. The van der Waals surface area contributed by atoms with Gasteiger partial charge in [0.05, 0.1) is 12.3 Å². The van der Waals surface area contributed by atoms with Crippen molar-refractivity contribution in [2.45, 2.75) is 39.7 Å². The zero-order chi connectivity index (χ0) is 13.6. The van der Waals surface area contributed by atoms with Crippen LogP contribution in [-0.4, -0.2) is 35.1 Å². The summed E-state index contributed by atoms with van der Waals surface area (Å²) in [4.78, 5) is 32.9. The molecule has 1 amide bonds. The molecule has 98 valence electrons. The van der Waals surface area contributed by atoms with Gasteiger partial charge in [-0.3, -0.25) is 14.4 Å². The van der Waals surface area contributed by atoms with E-state index in [1.165, 1.54) is 6.92 Å². The Morgan fingerprint density at radius 3 is 2.18 bits per heavy atom. The minimum Gasteiger partial charge on any atom is -0.481 e. The van der Waals surface area contributed by atoms with Gasteiger partial charge in [0.1, 0.15) is 5.60 Å². The van der Waals surface area contributed by atoms with Crippen LogP contribution in [0.5, 0.6) is 0 Å². The number of nitrogens with one attached hydrogen (secondary N) is 1. The number of esters is 1. The van der Waals surface area contributed by atoms with Crippen LogP contribution in [0, 0.1) is 5.92 Å². The molecule has 0 aliphatic heterocycles. The molecule has 6 heteroatoms. The third kappa shape index (κ3) is 8.24. The Labute approximate surface area is 100 Å². The average molecular weight is 245 g/mol. The highest BCUT2D eigenvalue weighted by atomic mass is 16.6. The van der Waals surface area contributed by atoms with Crippen molar-refractivity contribution in [3.05, 3.63) is 0 Å². The summed E-state index contributed by atoms with van der Waals surface area (Å²) in [5, 5.41) is 11.2. The van der Waals surface area contributed by atoms with E-state index in [2.05, 4.69) is 5.32 Å². The lowest BCUT2D eigenvalue weighted by atomic mass is 10.1. The molecule has 6 nitrogen and oxygen atoms in total. The van der Waals surface area contributed by atoms with E-state index in [-0.39, 0.29) is 18.9 Å². The molecule has 0 fully saturated rings. The first-order chi connectivity index (χ1) is 7.61. The maximum absolute atomic E-state index is 11.4. The summed E-state index contributed by atoms with van der Waals surface area (Å²) in [6, 6.07) is 0. The van der Waals surface area contributed by atoms with Gasteiger partial charge in [0, 0.05) is 13.5 Å². The smallest absolute Gasteiger partial charge is 0.308 e. The Bertz CT molecular complexity index is 305. The molecule has 0 aliphatic carbocycles. The van der Waals surface area contributed by atoms with Crippen LogP contribution in [0.25, 0.3) is 0 Å². The van der Waals surface area contributed by atoms with Crippen LogP contribution in [0.1, 0.15) is 34.1 Å². The maximum atomic E-state index is 11.4. The van der Waals surface area contributed by atoms with Gasteiger partial charge in [-0.15, -0.1) is 0 Å². The van der Waals surface area contributed by atoms with Crippen LogP contribution < -0.4 is 5.32 Å². The van der Waals surface area contributed by atoms with E-state index >= 15 is 0 Å². The number of carboxylic acids is 1. The Balaban J connectivity index is 4.30. The van der Waals surface area contributed by atoms with Gasteiger partial charge in [0.25, 0.3) is 0 Å². The van der Waals surface area contributed by atoms with Crippen molar-refractivity contribution in [1.29, 1.82) is 0 Å². The van der Waals surface area contributed by atoms with Crippen molar-refractivity contribution in [2.75, 3.05) is 6.54 Å². The highest BCUT2D eigenvalue weighted by Crippen LogP contribution is 2.11. The fourth-order valence-corrected chi connectivity index (χ4v) is 1.10. The summed E-state index contributed by atoms with van der Waals surface area (Å²) in [5.74, 6) is -3.02. The van der Waals surface area contributed by atoms with Gasteiger partial charge in [-0.05, 0) is 20.8 Å². The van der Waals surface area contributed by atoms with Gasteiger partial charge in [-0.1, -0.05) is 0 Å². The van der Waals surface area contributed by atoms with Crippen LogP contribution >= 0.6 is 0 Å². The summed E-state index contributed by atoms with van der Waals surface area (Å²) in [7, 11) is 0. The van der Waals surface area contributed by atoms with Crippen molar-refractivity contribution >= 4 is 17.8 Å². The third-order valence-corrected chi connectivity index (χ3v) is 1.78. The lowest BCUT2D eigenvalue weighted by Crippen LogP contribution is -2.34. The van der Waals surface area contributed by atoms with Gasteiger partial charge >= 0.3 is 11.9 Å². The molecule has 17 heavy (non-hydrogen) atoms. The summed E-state index contributed by atoms with van der Waals surface area (Å²) in [6.07, 6.45) is -0.257. The van der Waals surface area contributed by atoms with Crippen LogP contribution in [0.15, 0.2) is 0 Å². The largest absolute Gasteiger partial charge is 0.481 e. The van der Waals surface area contributed by atoms with Crippen molar-refractivity contribution in [2.24, 2.45) is 5.92 Å². The van der Waals surface area contributed by atoms with E-state index in [0.29, 0.717) is 0 Å². The van der Waals surface area contributed by atoms with E-state index in [4.69, 9.17) is 9.84 Å². The summed E-state index contributed by atoms with van der Waals surface area (Å²) >= 11 is 0. The number of carbonyl (C=O) groups excluding carboxylic acids is 2. The second kappa shape index (κ2) is 6.22. The molecule has 0 aliphatic rings. The quantitative estimate of drug-likeness (QED) is 0.690. The molecular weight excluding hydrogens is 226 g/mol. The molecule has 0 aromatic heterocycles. The van der Waals surface area contributed by atoms with E-state index in [0.717, 1.165) is 0 Å². The maximum Gasteiger partial charge on any atom is 0.308 e. The molecule has 1 atom stereocenters. The molecule has 0 heterocycles. The predicted octanol–water partition coefficient (Wildman–Crippen LogP) is 0.555. The Morgan fingerprint density at radius 2 is 1.82 bits per heavy atom. The molecule has 0 rings (SSSR count). The van der Waals surface area contributed by atoms with Crippen molar-refractivity contribution in [3.8, 4) is 0 Å². The van der Waals surface area contributed by atoms with E-state index in [1.807, 2.05) is 0 Å². The second-order valence-corrected chi connectivity index (χ2v) is 4.76. The highest BCUT2D eigenvalue weighted by molar-refractivity contribution is 5.80. The molecule has 0 aromatic carbocycles. The molecule has 0 aromatic rings. The van der Waals surface area contributed by atoms with E-state index in [9.17, 15) is 14.4 Å². The molecule has 0 spiro atoms. The van der Waals surface area contributed by atoms with Crippen LogP contribution in [0.2, 0.25) is 0 Å². The fraction of sp³-hybridized carbons (Fsp3) is 0.727. The van der Waals surface area contributed by atoms with Crippen LogP contribution in [0.3, 0.4) is 0 Å². The monoisotopic (exact) mass is 245 g/mol. The molecular formula is C11H19NO5. The average Bonchev–Trinajstić information content (AvgIpc) is 2.08. The van der Waals surface area contributed by atoms with E-state index in [1.54, 1.807) is 20.8 Å². The molecule has 2 N–H and O–H groups in total. The van der Waals surface area contributed by atoms with E-state index < -0.39 is 23.5 Å². The Kier molecular flexibility index (Phi) is 5.64. The van der Waals surface area contributed by atoms with Crippen molar-refractivity contribution in [3.63, 3.8) is 0 Å². The lowest BCUT2D eigenvalue weighted by molar-refractivity contribution is -0.159. The summed E-state index contributed by atoms with van der Waals surface area (Å²) in [6.45, 7) is 6.31. The number of carbonyl (C=O) groups is 3. The summed E-state index contributed by atoms with van der Waals surface area (Å²) in [5.41, 5.74) is -0.645. The molecule has 0 bridgehead atoms. The molecule has 0 unspecified atom stereocenters. The zero-order valence-corrected chi connectivity index (χ0v) is 10.6. The lowest BCUT2D eigenvalue weighted by Gasteiger charge is -2.21. The number of rotatable bonds is 5. The molecule has 0 saturated heterocycles. The first-order valence-corrected chi connectivity index (χ1v) is 5.31. The zero-order valence-electron chi connectivity index (χ0n) is 10.6. The number of ether oxygens (including phenoxy) is 1. The summed E-state index contributed by atoms with van der Waals surface area (Å²) < 4.78 is 5.01. The third-order valence-electron chi connectivity index (χ3n) is 1.78. The SMILES string of the molecule is CC(=O)NC[C@H](CC(=O)OC(C)(C)C)C(=O)O. The van der Waals surface area contributed by atoms with Gasteiger partial charge in [-0.2, -0.15) is 0 Å². The van der Waals surface area contributed by atoms with Crippen LogP contribution in [0.4, 0.5) is 0 Å². The number of aliphatic carboxylic acids is 1. The molecule has 0 saturated carbocycles. The Morgan fingerprint density at radius 1 is 1.29 bits per heavy atom. The number of amides is 1. The van der Waals surface area contributed by atoms with Gasteiger partial charge in [0.2, 0.25) is 5.91 Å². The standard InChI is InChI=1S/C11H19NO5/c1-7(13)12-6-8(10(15)16)5-9(14)17-11(2,3)4/h8H,5-6H2,1-4H3,(H,12,13)(H,15,16)/t8-/m0/s1. The predicted molar refractivity (Wildman–Crippen MR) is 60.3 cm³/mol. The second-order valence-electron chi connectivity index (χ2n) is 4.76. The Hall–Kier alpha value is -1.59. The van der Waals surface area contributed by atoms with Crippen molar-refractivity contribution in [1.82, 2.24) is 5.32 Å². The fourth-order valence-electron chi connectivity index (χ4n) is 1.10. The number of carboxylic acid groups (broad SMARTS) is 1. The van der Waals surface area contributed by atoms with Gasteiger partial charge in [0.15, 0.2) is 0 Å². The topological polar surface area (TPSA) is 92.7 Å².